The fourth-order valence-corrected chi connectivity index (χ4v) is 5.58. The van der Waals surface area contributed by atoms with Crippen LogP contribution >= 0.6 is 0 Å². The SMILES string of the molecule is Cn1c(=O)n(C2C=CC=C2c2c(F)cc(C(N)=O)c3[nH]c4cc(C(C)(C)O)ccc4c23)c(=O)c2cccc(F)c21. The summed E-state index contributed by atoms with van der Waals surface area (Å²) in [4.78, 5) is 42.4. The van der Waals surface area contributed by atoms with Gasteiger partial charge in [-0.1, -0.05) is 36.4 Å². The molecule has 3 aromatic carbocycles. The fraction of sp³-hybridized carbons (Fsp3) is 0.167. The van der Waals surface area contributed by atoms with Gasteiger partial charge in [0.25, 0.3) is 11.5 Å². The molecule has 2 aromatic heterocycles. The zero-order valence-electron chi connectivity index (χ0n) is 21.8. The van der Waals surface area contributed by atoms with Gasteiger partial charge in [-0.3, -0.25) is 14.2 Å². The number of aromatic nitrogens is 3. The van der Waals surface area contributed by atoms with E-state index in [1.807, 2.05) is 0 Å². The number of allylic oxidation sites excluding steroid dienone is 4. The average molecular weight is 543 g/mol. The van der Waals surface area contributed by atoms with Crippen LogP contribution in [-0.2, 0) is 12.6 Å². The predicted octanol–water partition coefficient (Wildman–Crippen LogP) is 4.13. The number of nitrogens with zero attached hydrogens (tertiary/aromatic N) is 2. The molecule has 1 atom stereocenters. The molecular weight excluding hydrogens is 518 g/mol. The minimum atomic E-state index is -1.16. The van der Waals surface area contributed by atoms with E-state index in [-0.39, 0.29) is 27.5 Å². The first-order valence-electron chi connectivity index (χ1n) is 12.5. The monoisotopic (exact) mass is 542 g/mol. The summed E-state index contributed by atoms with van der Waals surface area (Å²) in [5, 5.41) is 11.4. The van der Waals surface area contributed by atoms with Crippen LogP contribution in [-0.4, -0.2) is 25.1 Å². The van der Waals surface area contributed by atoms with Crippen molar-refractivity contribution in [1.82, 2.24) is 14.1 Å². The Kier molecular flexibility index (Phi) is 5.46. The third-order valence-corrected chi connectivity index (χ3v) is 7.52. The molecule has 0 bridgehead atoms. The van der Waals surface area contributed by atoms with E-state index in [1.54, 1.807) is 50.3 Å². The maximum atomic E-state index is 16.0. The van der Waals surface area contributed by atoms with Crippen LogP contribution in [0.15, 0.2) is 70.3 Å². The van der Waals surface area contributed by atoms with Crippen molar-refractivity contribution in [3.05, 3.63) is 110 Å². The van der Waals surface area contributed by atoms with Crippen molar-refractivity contribution in [2.45, 2.75) is 25.5 Å². The molecule has 5 aromatic rings. The van der Waals surface area contributed by atoms with Crippen LogP contribution in [0, 0.1) is 11.6 Å². The van der Waals surface area contributed by atoms with Crippen LogP contribution in [0.3, 0.4) is 0 Å². The molecule has 4 N–H and O–H groups in total. The van der Waals surface area contributed by atoms with Crippen molar-refractivity contribution in [2.24, 2.45) is 12.8 Å². The van der Waals surface area contributed by atoms with Crippen molar-refractivity contribution in [3.8, 4) is 0 Å². The maximum Gasteiger partial charge on any atom is 0.332 e. The Bertz CT molecular complexity index is 2110. The summed E-state index contributed by atoms with van der Waals surface area (Å²) in [6, 6.07) is 9.10. The average Bonchev–Trinajstić information content (AvgIpc) is 3.51. The molecule has 8 nitrogen and oxygen atoms in total. The van der Waals surface area contributed by atoms with Gasteiger partial charge in [-0.15, -0.1) is 0 Å². The van der Waals surface area contributed by atoms with E-state index in [0.717, 1.165) is 15.2 Å². The Balaban J connectivity index is 1.66. The van der Waals surface area contributed by atoms with Crippen LogP contribution in [0.25, 0.3) is 38.3 Å². The van der Waals surface area contributed by atoms with Gasteiger partial charge in [0.05, 0.1) is 33.6 Å². The van der Waals surface area contributed by atoms with Gasteiger partial charge in [-0.25, -0.2) is 18.1 Å². The molecule has 1 aliphatic rings. The third kappa shape index (κ3) is 3.56. The lowest BCUT2D eigenvalue weighted by molar-refractivity contribution is 0.0787. The number of hydrogen-bond donors (Lipinski definition) is 3. The van der Waals surface area contributed by atoms with E-state index in [0.29, 0.717) is 27.4 Å². The van der Waals surface area contributed by atoms with Crippen LogP contribution in [0.1, 0.15) is 41.4 Å². The standard InChI is InChI=1S/C30H24F2N4O4/c1-30(2,40)14-10-11-15-21(12-14)34-25-18(27(33)37)13-20(32)23(24(15)25)16-6-5-9-22(16)36-28(38)17-7-4-8-19(31)26(17)35(3)29(36)39/h4-13,22,34,40H,1-3H3,(H2,33,37). The molecule has 1 aliphatic carbocycles. The number of carbonyl (C=O) groups is 1. The number of hydrogen-bond acceptors (Lipinski definition) is 4. The molecule has 1 amide bonds. The lowest BCUT2D eigenvalue weighted by atomic mass is 9.92. The molecule has 6 rings (SSSR count). The number of nitrogens with two attached hydrogens (primary N) is 1. The van der Waals surface area contributed by atoms with Gasteiger partial charge in [-0.05, 0) is 49.2 Å². The maximum absolute atomic E-state index is 16.0. The number of halogens is 2. The smallest absolute Gasteiger partial charge is 0.332 e. The number of primary amides is 1. The third-order valence-electron chi connectivity index (χ3n) is 7.52. The Labute approximate surface area is 225 Å². The normalized spacial score (nSPS) is 15.4. The first-order valence-corrected chi connectivity index (χ1v) is 12.5. The largest absolute Gasteiger partial charge is 0.386 e. The first-order chi connectivity index (χ1) is 18.9. The number of carbonyl (C=O) groups excluding carboxylic acids is 1. The summed E-state index contributed by atoms with van der Waals surface area (Å²) < 4.78 is 32.6. The zero-order chi connectivity index (χ0) is 28.7. The molecule has 2 heterocycles. The molecule has 0 saturated carbocycles. The first kappa shape index (κ1) is 25.4. The number of nitrogens with one attached hydrogen (secondary N) is 1. The summed E-state index contributed by atoms with van der Waals surface area (Å²) in [5.41, 5.74) is 4.51. The second kappa shape index (κ2) is 8.59. The molecule has 0 radical (unpaired) electrons. The molecule has 10 heteroatoms. The highest BCUT2D eigenvalue weighted by atomic mass is 19.1. The number of para-hydroxylation sites is 1. The van der Waals surface area contributed by atoms with E-state index in [1.165, 1.54) is 25.2 Å². The van der Waals surface area contributed by atoms with Crippen molar-refractivity contribution in [1.29, 1.82) is 0 Å². The Hall–Kier alpha value is -4.83. The van der Waals surface area contributed by atoms with Crippen molar-refractivity contribution in [2.75, 3.05) is 0 Å². The van der Waals surface area contributed by atoms with Crippen LogP contribution in [0.2, 0.25) is 0 Å². The fourth-order valence-electron chi connectivity index (χ4n) is 5.58. The number of benzene rings is 3. The molecule has 40 heavy (non-hydrogen) atoms. The molecule has 0 spiro atoms. The topological polar surface area (TPSA) is 123 Å². The molecule has 202 valence electrons. The summed E-state index contributed by atoms with van der Waals surface area (Å²) in [5.74, 6) is -2.33. The number of aliphatic hydroxyl groups is 1. The van der Waals surface area contributed by atoms with Gasteiger partial charge in [0.15, 0.2) is 0 Å². The Morgan fingerprint density at radius 1 is 1.07 bits per heavy atom. The van der Waals surface area contributed by atoms with Gasteiger partial charge in [0, 0.05) is 28.9 Å². The van der Waals surface area contributed by atoms with E-state index >= 15 is 4.39 Å². The lowest BCUT2D eigenvalue weighted by Gasteiger charge is -2.20. The molecular formula is C30H24F2N4O4. The number of aromatic amines is 1. The quantitative estimate of drug-likeness (QED) is 0.316. The van der Waals surface area contributed by atoms with Crippen LogP contribution < -0.4 is 17.0 Å². The van der Waals surface area contributed by atoms with Crippen LogP contribution in [0.5, 0.6) is 0 Å². The Morgan fingerprint density at radius 2 is 1.82 bits per heavy atom. The van der Waals surface area contributed by atoms with E-state index in [9.17, 15) is 23.9 Å². The highest BCUT2D eigenvalue weighted by molar-refractivity contribution is 6.18. The van der Waals surface area contributed by atoms with E-state index in [2.05, 4.69) is 4.98 Å². The van der Waals surface area contributed by atoms with E-state index < -0.39 is 40.4 Å². The minimum Gasteiger partial charge on any atom is -0.386 e. The highest BCUT2D eigenvalue weighted by Gasteiger charge is 2.30. The Morgan fingerprint density at radius 3 is 2.52 bits per heavy atom. The van der Waals surface area contributed by atoms with Gasteiger partial charge in [0.2, 0.25) is 0 Å². The van der Waals surface area contributed by atoms with Crippen molar-refractivity contribution < 1.29 is 18.7 Å². The summed E-state index contributed by atoms with van der Waals surface area (Å²) in [7, 11) is 1.37. The second-order valence-corrected chi connectivity index (χ2v) is 10.4. The number of rotatable bonds is 4. The number of fused-ring (bicyclic) bond motifs is 4. The number of amides is 1. The predicted molar refractivity (Wildman–Crippen MR) is 149 cm³/mol. The van der Waals surface area contributed by atoms with Gasteiger partial charge < -0.3 is 15.8 Å². The highest BCUT2D eigenvalue weighted by Crippen LogP contribution is 2.42. The molecule has 0 saturated heterocycles. The van der Waals surface area contributed by atoms with Crippen molar-refractivity contribution in [3.63, 3.8) is 0 Å². The summed E-state index contributed by atoms with van der Waals surface area (Å²) >= 11 is 0. The lowest BCUT2D eigenvalue weighted by Crippen LogP contribution is -2.41. The van der Waals surface area contributed by atoms with Gasteiger partial charge in [-0.2, -0.15) is 0 Å². The second-order valence-electron chi connectivity index (χ2n) is 10.4. The van der Waals surface area contributed by atoms with Gasteiger partial charge >= 0.3 is 5.69 Å². The molecule has 1 unspecified atom stereocenters. The summed E-state index contributed by atoms with van der Waals surface area (Å²) in [6.45, 7) is 3.26. The zero-order valence-corrected chi connectivity index (χ0v) is 21.8. The minimum absolute atomic E-state index is 0.00249. The molecule has 0 fully saturated rings. The number of aryl methyl sites for hydroxylation is 1. The van der Waals surface area contributed by atoms with Crippen LogP contribution in [0.4, 0.5) is 8.78 Å². The molecule has 0 aliphatic heterocycles. The summed E-state index contributed by atoms with van der Waals surface area (Å²) in [6.07, 6.45) is 4.78. The number of H-pyrrole nitrogens is 1. The van der Waals surface area contributed by atoms with Crippen molar-refractivity contribution >= 4 is 44.2 Å². The van der Waals surface area contributed by atoms with Gasteiger partial charge in [0.1, 0.15) is 11.6 Å². The van der Waals surface area contributed by atoms with E-state index in [4.69, 9.17) is 5.73 Å².